The molecular formula is C21H21N3O3S. The van der Waals surface area contributed by atoms with Gasteiger partial charge in [-0.1, -0.05) is 18.1 Å². The van der Waals surface area contributed by atoms with Crippen molar-refractivity contribution < 1.29 is 14.4 Å². The summed E-state index contributed by atoms with van der Waals surface area (Å²) in [4.78, 5) is 36.7. The molecule has 2 rings (SSSR count). The summed E-state index contributed by atoms with van der Waals surface area (Å²) in [6.07, 6.45) is 5.16. The minimum Gasteiger partial charge on any atom is -0.341 e. The van der Waals surface area contributed by atoms with Crippen LogP contribution in [0.25, 0.3) is 0 Å². The Morgan fingerprint density at radius 1 is 1.07 bits per heavy atom. The van der Waals surface area contributed by atoms with Crippen LogP contribution in [0.2, 0.25) is 0 Å². The third-order valence-electron chi connectivity index (χ3n) is 3.64. The second-order valence-corrected chi connectivity index (χ2v) is 7.30. The molecule has 0 aliphatic heterocycles. The van der Waals surface area contributed by atoms with E-state index in [0.717, 1.165) is 4.90 Å². The smallest absolute Gasteiger partial charge is 0.254 e. The van der Waals surface area contributed by atoms with Crippen molar-refractivity contribution in [2.45, 2.75) is 24.0 Å². The van der Waals surface area contributed by atoms with Gasteiger partial charge in [-0.25, -0.2) is 0 Å². The van der Waals surface area contributed by atoms with Crippen molar-refractivity contribution in [3.05, 3.63) is 54.1 Å². The number of carbonyl (C=O) groups is 3. The number of rotatable bonds is 7. The van der Waals surface area contributed by atoms with E-state index in [1.54, 1.807) is 43.3 Å². The van der Waals surface area contributed by atoms with Crippen LogP contribution in [0.4, 0.5) is 11.4 Å². The van der Waals surface area contributed by atoms with Crippen molar-refractivity contribution in [2.24, 2.45) is 0 Å². The number of terminal acetylenes is 1. The number of hydrogen-bond acceptors (Lipinski definition) is 4. The molecule has 1 unspecified atom stereocenters. The van der Waals surface area contributed by atoms with Crippen molar-refractivity contribution in [3.8, 4) is 12.3 Å². The maximum absolute atomic E-state index is 12.6. The molecule has 0 radical (unpaired) electrons. The average molecular weight is 395 g/mol. The Balaban J connectivity index is 2.02. The molecule has 0 spiro atoms. The van der Waals surface area contributed by atoms with Crippen LogP contribution in [0.15, 0.2) is 53.4 Å². The fraction of sp³-hybridized carbons (Fsp3) is 0.190. The van der Waals surface area contributed by atoms with E-state index in [1.165, 1.54) is 18.7 Å². The van der Waals surface area contributed by atoms with Gasteiger partial charge >= 0.3 is 0 Å². The minimum absolute atomic E-state index is 0.113. The second-order valence-electron chi connectivity index (χ2n) is 5.89. The normalized spacial score (nSPS) is 11.0. The predicted octanol–water partition coefficient (Wildman–Crippen LogP) is 3.13. The molecule has 0 bridgehead atoms. The number of nitrogens with one attached hydrogen (secondary N) is 3. The maximum atomic E-state index is 12.6. The van der Waals surface area contributed by atoms with Crippen LogP contribution in [-0.4, -0.2) is 29.5 Å². The highest BCUT2D eigenvalue weighted by molar-refractivity contribution is 8.00. The number of hydrogen-bond donors (Lipinski definition) is 3. The van der Waals surface area contributed by atoms with Gasteiger partial charge in [0.1, 0.15) is 0 Å². The molecule has 0 saturated heterocycles. The Morgan fingerprint density at radius 2 is 1.75 bits per heavy atom. The monoisotopic (exact) mass is 395 g/mol. The number of para-hydroxylation sites is 1. The average Bonchev–Trinajstić information content (AvgIpc) is 2.67. The van der Waals surface area contributed by atoms with Crippen LogP contribution < -0.4 is 16.0 Å². The number of amides is 3. The molecule has 2 aromatic carbocycles. The van der Waals surface area contributed by atoms with E-state index in [4.69, 9.17) is 6.42 Å². The van der Waals surface area contributed by atoms with Gasteiger partial charge in [-0.3, -0.25) is 14.4 Å². The van der Waals surface area contributed by atoms with Crippen molar-refractivity contribution in [2.75, 3.05) is 17.2 Å². The Hall–Kier alpha value is -3.24. The van der Waals surface area contributed by atoms with Crippen LogP contribution in [0, 0.1) is 12.3 Å². The molecule has 0 aliphatic carbocycles. The third kappa shape index (κ3) is 6.18. The molecule has 7 heteroatoms. The van der Waals surface area contributed by atoms with E-state index in [2.05, 4.69) is 21.9 Å². The van der Waals surface area contributed by atoms with Crippen LogP contribution >= 0.6 is 11.8 Å². The first-order valence-electron chi connectivity index (χ1n) is 8.56. The molecule has 1 atom stereocenters. The van der Waals surface area contributed by atoms with Gasteiger partial charge in [0.25, 0.3) is 5.91 Å². The molecule has 144 valence electrons. The molecule has 3 amide bonds. The highest BCUT2D eigenvalue weighted by atomic mass is 32.2. The Labute approximate surface area is 168 Å². The number of thioether (sulfide) groups is 1. The Bertz CT molecular complexity index is 904. The zero-order valence-corrected chi connectivity index (χ0v) is 16.4. The minimum atomic E-state index is -0.395. The summed E-state index contributed by atoms with van der Waals surface area (Å²) in [5.74, 6) is 1.63. The Morgan fingerprint density at radius 3 is 2.39 bits per heavy atom. The zero-order chi connectivity index (χ0) is 20.5. The van der Waals surface area contributed by atoms with Crippen molar-refractivity contribution in [3.63, 3.8) is 0 Å². The van der Waals surface area contributed by atoms with Crippen LogP contribution in [0.3, 0.4) is 0 Å². The van der Waals surface area contributed by atoms with E-state index in [9.17, 15) is 14.4 Å². The molecule has 0 heterocycles. The first kappa shape index (κ1) is 21.1. The lowest BCUT2D eigenvalue weighted by molar-refractivity contribution is -0.115. The molecule has 3 N–H and O–H groups in total. The zero-order valence-electron chi connectivity index (χ0n) is 15.6. The SMILES string of the molecule is C#CCNC(=O)c1ccccc1NC(=O)C(C)Sc1ccc(NC(C)=O)cc1. The lowest BCUT2D eigenvalue weighted by Gasteiger charge is -2.15. The highest BCUT2D eigenvalue weighted by Crippen LogP contribution is 2.26. The first-order valence-corrected chi connectivity index (χ1v) is 9.44. The summed E-state index contributed by atoms with van der Waals surface area (Å²) in [5.41, 5.74) is 1.47. The quantitative estimate of drug-likeness (QED) is 0.497. The second kappa shape index (κ2) is 10.2. The standard InChI is InChI=1S/C21H21N3O3S/c1-4-13-22-21(27)18-7-5-6-8-19(18)24-20(26)14(2)28-17-11-9-16(10-12-17)23-15(3)25/h1,5-12,14H,13H2,2-3H3,(H,22,27)(H,23,25)(H,24,26). The fourth-order valence-electron chi connectivity index (χ4n) is 2.33. The maximum Gasteiger partial charge on any atom is 0.254 e. The third-order valence-corrected chi connectivity index (χ3v) is 4.75. The summed E-state index contributed by atoms with van der Waals surface area (Å²) in [7, 11) is 0. The van der Waals surface area contributed by atoms with Gasteiger partial charge in [-0.2, -0.15) is 0 Å². The van der Waals surface area contributed by atoms with Gasteiger partial charge in [-0.15, -0.1) is 18.2 Å². The van der Waals surface area contributed by atoms with E-state index < -0.39 is 5.25 Å². The summed E-state index contributed by atoms with van der Waals surface area (Å²) in [6.45, 7) is 3.34. The van der Waals surface area contributed by atoms with Gasteiger partial charge in [0.2, 0.25) is 11.8 Å². The molecular weight excluding hydrogens is 374 g/mol. The molecule has 2 aromatic rings. The van der Waals surface area contributed by atoms with Gasteiger partial charge in [0.15, 0.2) is 0 Å². The van der Waals surface area contributed by atoms with Gasteiger partial charge in [-0.05, 0) is 43.3 Å². The number of benzene rings is 2. The molecule has 28 heavy (non-hydrogen) atoms. The van der Waals surface area contributed by atoms with Crippen molar-refractivity contribution >= 4 is 40.9 Å². The van der Waals surface area contributed by atoms with Gasteiger partial charge in [0, 0.05) is 17.5 Å². The molecule has 0 aromatic heterocycles. The summed E-state index contributed by atoms with van der Waals surface area (Å²) in [5, 5.41) is 7.68. The fourth-order valence-corrected chi connectivity index (χ4v) is 3.20. The number of anilines is 2. The first-order chi connectivity index (χ1) is 13.4. The van der Waals surface area contributed by atoms with E-state index in [1.807, 2.05) is 12.1 Å². The van der Waals surface area contributed by atoms with E-state index >= 15 is 0 Å². The topological polar surface area (TPSA) is 87.3 Å². The molecule has 0 aliphatic rings. The van der Waals surface area contributed by atoms with Gasteiger partial charge in [0.05, 0.1) is 23.0 Å². The summed E-state index contributed by atoms with van der Waals surface area (Å²) in [6, 6.07) is 14.0. The van der Waals surface area contributed by atoms with Gasteiger partial charge < -0.3 is 16.0 Å². The van der Waals surface area contributed by atoms with Crippen LogP contribution in [-0.2, 0) is 9.59 Å². The summed E-state index contributed by atoms with van der Waals surface area (Å²) >= 11 is 1.37. The highest BCUT2D eigenvalue weighted by Gasteiger charge is 2.18. The van der Waals surface area contributed by atoms with Crippen LogP contribution in [0.5, 0.6) is 0 Å². The van der Waals surface area contributed by atoms with Crippen LogP contribution in [0.1, 0.15) is 24.2 Å². The van der Waals surface area contributed by atoms with Crippen molar-refractivity contribution in [1.29, 1.82) is 0 Å². The molecule has 6 nitrogen and oxygen atoms in total. The predicted molar refractivity (Wildman–Crippen MR) is 112 cm³/mol. The molecule has 0 saturated carbocycles. The number of carbonyl (C=O) groups excluding carboxylic acids is 3. The van der Waals surface area contributed by atoms with E-state index in [0.29, 0.717) is 16.9 Å². The summed E-state index contributed by atoms with van der Waals surface area (Å²) < 4.78 is 0. The Kier molecular flexibility index (Phi) is 7.66. The van der Waals surface area contributed by atoms with E-state index in [-0.39, 0.29) is 24.3 Å². The lowest BCUT2D eigenvalue weighted by atomic mass is 10.1. The lowest BCUT2D eigenvalue weighted by Crippen LogP contribution is -2.27. The molecule has 0 fully saturated rings. The largest absolute Gasteiger partial charge is 0.341 e. The van der Waals surface area contributed by atoms with Crippen molar-refractivity contribution in [1.82, 2.24) is 5.32 Å².